The lowest BCUT2D eigenvalue weighted by atomic mass is 10.2. The van der Waals surface area contributed by atoms with Crippen molar-refractivity contribution in [3.8, 4) is 11.8 Å². The van der Waals surface area contributed by atoms with Crippen LogP contribution in [0.4, 0.5) is 0 Å². The van der Waals surface area contributed by atoms with Crippen LogP contribution in [0, 0.1) is 11.8 Å². The van der Waals surface area contributed by atoms with Gasteiger partial charge in [-0.25, -0.2) is 13.6 Å². The van der Waals surface area contributed by atoms with Gasteiger partial charge in [-0.1, -0.05) is 23.4 Å². The number of hydrogen-bond acceptors (Lipinski definition) is 3. The molecule has 0 saturated heterocycles. The Morgan fingerprint density at radius 1 is 1.47 bits per heavy atom. The molecular weight excluding hydrogens is 254 g/mol. The molecule has 0 fully saturated rings. The molecule has 0 amide bonds. The third-order valence-electron chi connectivity index (χ3n) is 1.55. The van der Waals surface area contributed by atoms with Crippen molar-refractivity contribution >= 4 is 34.3 Å². The summed E-state index contributed by atoms with van der Waals surface area (Å²) in [5, 5.41) is 5.02. The number of halogens is 1. The molecule has 2 N–H and O–H groups in total. The van der Waals surface area contributed by atoms with Gasteiger partial charge in [0.1, 0.15) is 4.90 Å². The lowest BCUT2D eigenvalue weighted by Gasteiger charge is -2.01. The Bertz CT molecular complexity index is 529. The summed E-state index contributed by atoms with van der Waals surface area (Å²) < 4.78 is 22.0. The van der Waals surface area contributed by atoms with E-state index in [2.05, 4.69) is 24.5 Å². The maximum atomic E-state index is 11.0. The first-order chi connectivity index (χ1) is 6.95. The van der Waals surface area contributed by atoms with E-state index >= 15 is 0 Å². The van der Waals surface area contributed by atoms with Crippen LogP contribution in [-0.2, 0) is 10.0 Å². The highest BCUT2D eigenvalue weighted by Gasteiger charge is 2.12. The molecule has 1 aromatic carbocycles. The van der Waals surface area contributed by atoms with Crippen LogP contribution in [0.1, 0.15) is 5.56 Å². The zero-order chi connectivity index (χ0) is 11.5. The molecule has 0 spiro atoms. The maximum absolute atomic E-state index is 11.0. The molecule has 1 rings (SSSR count). The zero-order valence-electron chi connectivity index (χ0n) is 7.57. The number of nitrogens with two attached hydrogens (primary N) is 1. The van der Waals surface area contributed by atoms with Crippen molar-refractivity contribution in [3.63, 3.8) is 0 Å². The van der Waals surface area contributed by atoms with Crippen LogP contribution in [0.2, 0.25) is 5.02 Å². The average Bonchev–Trinajstić information content (AvgIpc) is 2.12. The second-order valence-corrected chi connectivity index (χ2v) is 4.90. The van der Waals surface area contributed by atoms with Gasteiger partial charge in [0, 0.05) is 5.56 Å². The number of primary sulfonamides is 1. The summed E-state index contributed by atoms with van der Waals surface area (Å²) in [4.78, 5) is -0.0967. The molecule has 80 valence electrons. The van der Waals surface area contributed by atoms with Gasteiger partial charge in [0.05, 0.1) is 10.8 Å². The quantitative estimate of drug-likeness (QED) is 0.591. The normalized spacial score (nSPS) is 10.6. The number of hydrogen-bond donors (Lipinski definition) is 2. The van der Waals surface area contributed by atoms with Crippen molar-refractivity contribution in [1.29, 1.82) is 0 Å². The molecule has 0 saturated carbocycles. The van der Waals surface area contributed by atoms with Crippen molar-refractivity contribution in [2.24, 2.45) is 5.14 Å². The van der Waals surface area contributed by atoms with Gasteiger partial charge in [0.25, 0.3) is 0 Å². The van der Waals surface area contributed by atoms with E-state index in [4.69, 9.17) is 16.7 Å². The minimum Gasteiger partial charge on any atom is -0.225 e. The third-order valence-corrected chi connectivity index (χ3v) is 3.10. The molecule has 3 nitrogen and oxygen atoms in total. The van der Waals surface area contributed by atoms with E-state index in [1.54, 1.807) is 6.07 Å². The maximum Gasteiger partial charge on any atom is 0.239 e. The summed E-state index contributed by atoms with van der Waals surface area (Å²) in [6, 6.07) is 4.33. The number of benzene rings is 1. The Hall–Kier alpha value is -0.670. The van der Waals surface area contributed by atoms with Gasteiger partial charge in [-0.05, 0) is 18.2 Å². The third kappa shape index (κ3) is 3.43. The van der Waals surface area contributed by atoms with Crippen LogP contribution in [-0.4, -0.2) is 14.2 Å². The molecule has 0 aromatic heterocycles. The van der Waals surface area contributed by atoms with Crippen LogP contribution in [0.15, 0.2) is 23.1 Å². The molecule has 15 heavy (non-hydrogen) atoms. The van der Waals surface area contributed by atoms with Crippen LogP contribution in [0.3, 0.4) is 0 Å². The molecule has 0 aliphatic rings. The first-order valence-corrected chi connectivity index (χ1v) is 6.43. The Labute approximate surface area is 99.1 Å². The highest BCUT2D eigenvalue weighted by molar-refractivity contribution is 7.89. The van der Waals surface area contributed by atoms with Gasteiger partial charge in [-0.3, -0.25) is 0 Å². The summed E-state index contributed by atoms with van der Waals surface area (Å²) in [6.45, 7) is 0. The Kier molecular flexibility index (Phi) is 4.05. The molecular formula is C9H8ClNO2S2. The molecule has 0 unspecified atom stereocenters. The predicted molar refractivity (Wildman–Crippen MR) is 63.6 cm³/mol. The fourth-order valence-electron chi connectivity index (χ4n) is 0.951. The Morgan fingerprint density at radius 3 is 2.60 bits per heavy atom. The average molecular weight is 262 g/mol. The smallest absolute Gasteiger partial charge is 0.225 e. The summed E-state index contributed by atoms with van der Waals surface area (Å²) in [7, 11) is -3.77. The molecule has 6 heteroatoms. The fourth-order valence-corrected chi connectivity index (χ4v) is 2.12. The van der Waals surface area contributed by atoms with E-state index in [-0.39, 0.29) is 9.92 Å². The molecule has 0 radical (unpaired) electrons. The van der Waals surface area contributed by atoms with Gasteiger partial charge in [0.2, 0.25) is 10.0 Å². The van der Waals surface area contributed by atoms with Crippen molar-refractivity contribution < 1.29 is 8.42 Å². The Morgan fingerprint density at radius 2 is 2.13 bits per heavy atom. The van der Waals surface area contributed by atoms with E-state index < -0.39 is 10.0 Å². The SMILES string of the molecule is NS(=O)(=O)c1ccc(C#CCS)cc1Cl. The van der Waals surface area contributed by atoms with Crippen LogP contribution < -0.4 is 5.14 Å². The van der Waals surface area contributed by atoms with E-state index in [9.17, 15) is 8.42 Å². The van der Waals surface area contributed by atoms with Gasteiger partial charge < -0.3 is 0 Å². The number of sulfonamides is 1. The van der Waals surface area contributed by atoms with Gasteiger partial charge in [-0.15, -0.1) is 0 Å². The lowest BCUT2D eigenvalue weighted by molar-refractivity contribution is 0.598. The van der Waals surface area contributed by atoms with Crippen LogP contribution in [0.25, 0.3) is 0 Å². The van der Waals surface area contributed by atoms with Crippen molar-refractivity contribution in [2.45, 2.75) is 4.90 Å². The summed E-state index contributed by atoms with van der Waals surface area (Å²) in [5.74, 6) is 5.92. The van der Waals surface area contributed by atoms with E-state index in [0.717, 1.165) is 0 Å². The van der Waals surface area contributed by atoms with Crippen molar-refractivity contribution in [2.75, 3.05) is 5.75 Å². The number of rotatable bonds is 1. The highest BCUT2D eigenvalue weighted by atomic mass is 35.5. The zero-order valence-corrected chi connectivity index (χ0v) is 10.0. The van der Waals surface area contributed by atoms with Gasteiger partial charge in [0.15, 0.2) is 0 Å². The summed E-state index contributed by atoms with van der Waals surface area (Å²) in [6.07, 6.45) is 0. The molecule has 0 aliphatic heterocycles. The highest BCUT2D eigenvalue weighted by Crippen LogP contribution is 2.20. The van der Waals surface area contributed by atoms with E-state index in [1.165, 1.54) is 12.1 Å². The molecule has 0 atom stereocenters. The summed E-state index contributed by atoms with van der Waals surface area (Å²) >= 11 is 9.67. The van der Waals surface area contributed by atoms with Crippen molar-refractivity contribution in [1.82, 2.24) is 0 Å². The van der Waals surface area contributed by atoms with Gasteiger partial charge in [-0.2, -0.15) is 12.6 Å². The summed E-state index contributed by atoms with van der Waals surface area (Å²) in [5.41, 5.74) is 0.626. The molecule has 0 heterocycles. The van der Waals surface area contributed by atoms with Crippen molar-refractivity contribution in [3.05, 3.63) is 28.8 Å². The van der Waals surface area contributed by atoms with Crippen LogP contribution in [0.5, 0.6) is 0 Å². The largest absolute Gasteiger partial charge is 0.239 e. The fraction of sp³-hybridized carbons (Fsp3) is 0.111. The lowest BCUT2D eigenvalue weighted by Crippen LogP contribution is -2.12. The standard InChI is InChI=1S/C9H8ClNO2S2/c10-8-6-7(2-1-5-14)3-4-9(8)15(11,12)13/h3-4,6,14H,5H2,(H2,11,12,13). The second kappa shape index (κ2) is 4.90. The predicted octanol–water partition coefficient (Wildman–Crippen LogP) is 1.27. The van der Waals surface area contributed by atoms with Crippen LogP contribution >= 0.6 is 24.2 Å². The molecule has 1 aromatic rings. The first kappa shape index (κ1) is 12.4. The van der Waals surface area contributed by atoms with E-state index in [1.807, 2.05) is 0 Å². The second-order valence-electron chi connectivity index (χ2n) is 2.65. The topological polar surface area (TPSA) is 60.2 Å². The number of thiol groups is 1. The minimum atomic E-state index is -3.77. The minimum absolute atomic E-state index is 0.0727. The monoisotopic (exact) mass is 261 g/mol. The van der Waals surface area contributed by atoms with E-state index in [0.29, 0.717) is 11.3 Å². The first-order valence-electron chi connectivity index (χ1n) is 3.87. The van der Waals surface area contributed by atoms with Gasteiger partial charge >= 0.3 is 0 Å². The molecule has 0 bridgehead atoms. The molecule has 0 aliphatic carbocycles. The Balaban J connectivity index is 3.21.